The Morgan fingerprint density at radius 1 is 0.321 bits per heavy atom. The van der Waals surface area contributed by atoms with E-state index in [0.717, 1.165) is 49.7 Å². The molecule has 0 unspecified atom stereocenters. The minimum atomic E-state index is 0.918. The third-order valence-electron chi connectivity index (χ3n) is 11.7. The molecular formula is C53H31N3. The van der Waals surface area contributed by atoms with Crippen molar-refractivity contribution in [3.05, 3.63) is 188 Å². The Balaban J connectivity index is 1.16. The van der Waals surface area contributed by atoms with Gasteiger partial charge in [-0.2, -0.15) is 0 Å². The lowest BCUT2D eigenvalue weighted by Gasteiger charge is -2.19. The maximum Gasteiger partial charge on any atom is 0.0970 e. The number of hydrogen-bond donors (Lipinski definition) is 0. The fraction of sp³-hybridized carbons (Fsp3) is 0. The molecule has 0 bridgehead atoms. The maximum absolute atomic E-state index is 5.48. The molecule has 0 amide bonds. The normalized spacial score (nSPS) is 11.9. The Kier molecular flexibility index (Phi) is 6.63. The van der Waals surface area contributed by atoms with Gasteiger partial charge in [-0.3, -0.25) is 9.97 Å². The lowest BCUT2D eigenvalue weighted by Crippen LogP contribution is -1.94. The average Bonchev–Trinajstić information content (AvgIpc) is 3.27. The molecule has 0 atom stereocenters. The topological polar surface area (TPSA) is 38.7 Å². The molecule has 0 saturated carbocycles. The summed E-state index contributed by atoms with van der Waals surface area (Å²) in [6.45, 7) is 0. The quantitative estimate of drug-likeness (QED) is 0.135. The fourth-order valence-electron chi connectivity index (χ4n) is 9.36. The van der Waals surface area contributed by atoms with E-state index in [1.165, 1.54) is 70.4 Å². The van der Waals surface area contributed by atoms with Crippen molar-refractivity contribution in [2.75, 3.05) is 0 Å². The van der Waals surface area contributed by atoms with Crippen LogP contribution in [-0.2, 0) is 0 Å². The van der Waals surface area contributed by atoms with Crippen molar-refractivity contribution in [3.8, 4) is 33.5 Å². The van der Waals surface area contributed by atoms with Crippen LogP contribution in [0.25, 0.3) is 120 Å². The summed E-state index contributed by atoms with van der Waals surface area (Å²) in [4.78, 5) is 15.1. The van der Waals surface area contributed by atoms with Crippen molar-refractivity contribution in [1.29, 1.82) is 0 Å². The Labute approximate surface area is 322 Å². The van der Waals surface area contributed by atoms with Crippen LogP contribution in [0.3, 0.4) is 0 Å². The van der Waals surface area contributed by atoms with Gasteiger partial charge < -0.3 is 0 Å². The van der Waals surface area contributed by atoms with Crippen LogP contribution in [0, 0.1) is 0 Å². The average molecular weight is 710 g/mol. The highest BCUT2D eigenvalue weighted by Gasteiger charge is 2.21. The molecule has 0 spiro atoms. The molecule has 56 heavy (non-hydrogen) atoms. The van der Waals surface area contributed by atoms with Crippen molar-refractivity contribution >= 4 is 86.6 Å². The summed E-state index contributed by atoms with van der Waals surface area (Å²) >= 11 is 0. The van der Waals surface area contributed by atoms with E-state index in [9.17, 15) is 0 Å². The monoisotopic (exact) mass is 709 g/mol. The second-order valence-electron chi connectivity index (χ2n) is 14.6. The van der Waals surface area contributed by atoms with Crippen LogP contribution in [-0.4, -0.2) is 15.0 Å². The Hall–Kier alpha value is -7.49. The van der Waals surface area contributed by atoms with Crippen molar-refractivity contribution in [3.63, 3.8) is 0 Å². The van der Waals surface area contributed by atoms with E-state index < -0.39 is 0 Å². The number of benzene rings is 9. The predicted molar refractivity (Wildman–Crippen MR) is 236 cm³/mol. The van der Waals surface area contributed by atoms with Gasteiger partial charge in [-0.25, -0.2) is 4.98 Å². The first-order valence-electron chi connectivity index (χ1n) is 19.1. The lowest BCUT2D eigenvalue weighted by atomic mass is 9.84. The van der Waals surface area contributed by atoms with Crippen LogP contribution in [0.4, 0.5) is 0 Å². The van der Waals surface area contributed by atoms with Gasteiger partial charge in [0.2, 0.25) is 0 Å². The van der Waals surface area contributed by atoms with Gasteiger partial charge >= 0.3 is 0 Å². The second-order valence-corrected chi connectivity index (χ2v) is 14.6. The lowest BCUT2D eigenvalue weighted by molar-refractivity contribution is 1.37. The number of aromatic nitrogens is 3. The van der Waals surface area contributed by atoms with Crippen LogP contribution >= 0.6 is 0 Å². The molecular weight excluding hydrogens is 679 g/mol. The largest absolute Gasteiger partial charge is 0.254 e. The molecule has 0 N–H and O–H groups in total. The highest BCUT2D eigenvalue weighted by Crippen LogP contribution is 2.47. The molecule has 3 aromatic heterocycles. The Bertz CT molecular complexity index is 3550. The summed E-state index contributed by atoms with van der Waals surface area (Å²) in [6, 6.07) is 63.6. The second kappa shape index (κ2) is 12.0. The smallest absolute Gasteiger partial charge is 0.0970 e. The number of para-hydroxylation sites is 1. The summed E-state index contributed by atoms with van der Waals surface area (Å²) in [5.41, 5.74) is 9.66. The molecule has 3 heterocycles. The first-order valence-corrected chi connectivity index (χ1v) is 19.1. The summed E-state index contributed by atoms with van der Waals surface area (Å²) in [7, 11) is 0. The number of rotatable bonds is 3. The third-order valence-corrected chi connectivity index (χ3v) is 11.7. The molecule has 0 aliphatic carbocycles. The van der Waals surface area contributed by atoms with E-state index in [1.807, 2.05) is 18.5 Å². The molecule has 0 aliphatic heterocycles. The molecule has 9 aromatic carbocycles. The van der Waals surface area contributed by atoms with Gasteiger partial charge in [0.1, 0.15) is 0 Å². The molecule has 3 nitrogen and oxygen atoms in total. The summed E-state index contributed by atoms with van der Waals surface area (Å²) in [5.74, 6) is 0. The molecule has 0 radical (unpaired) electrons. The molecule has 3 heteroatoms. The zero-order chi connectivity index (χ0) is 36.7. The SMILES string of the molecule is c1cc(-c2c3ccccc3c(-c3ccnc4c3ccc3cccnc34)c3ccccc23)cc(-c2nc3ccccc3c3c4ccccc4c4ccccc4c23)c1. The van der Waals surface area contributed by atoms with E-state index >= 15 is 0 Å². The molecule has 12 rings (SSSR count). The fourth-order valence-corrected chi connectivity index (χ4v) is 9.36. The molecule has 12 aromatic rings. The predicted octanol–water partition coefficient (Wildman–Crippen LogP) is 14.1. The van der Waals surface area contributed by atoms with Crippen LogP contribution in [0.15, 0.2) is 188 Å². The Morgan fingerprint density at radius 3 is 1.61 bits per heavy atom. The Morgan fingerprint density at radius 2 is 0.893 bits per heavy atom. The van der Waals surface area contributed by atoms with Gasteiger partial charge in [0.05, 0.1) is 22.2 Å². The minimum absolute atomic E-state index is 0.918. The standard InChI is InChI=1S/C53H31N3/c1-3-18-37-35(16-1)36-17-2-4-19-38(36)50-49(37)45-24-9-10-25-46(45)56-51(50)34-14-11-13-33(31-34)47-39-20-5-7-22-41(39)48(42-23-8-6-21-40(42)47)43-28-30-55-53-44(43)27-26-32-15-12-29-54-52(32)53/h1-31H. The summed E-state index contributed by atoms with van der Waals surface area (Å²) in [6.07, 6.45) is 3.78. The summed E-state index contributed by atoms with van der Waals surface area (Å²) in [5, 5.41) is 15.6. The molecule has 0 saturated heterocycles. The zero-order valence-electron chi connectivity index (χ0n) is 30.2. The van der Waals surface area contributed by atoms with Crippen LogP contribution < -0.4 is 0 Å². The van der Waals surface area contributed by atoms with Crippen molar-refractivity contribution in [1.82, 2.24) is 15.0 Å². The highest BCUT2D eigenvalue weighted by molar-refractivity contribution is 6.33. The number of fused-ring (bicyclic) bond motifs is 13. The first kappa shape index (κ1) is 30.9. The minimum Gasteiger partial charge on any atom is -0.254 e. The molecule has 0 fully saturated rings. The molecule has 0 aliphatic rings. The van der Waals surface area contributed by atoms with E-state index in [-0.39, 0.29) is 0 Å². The van der Waals surface area contributed by atoms with E-state index in [0.29, 0.717) is 0 Å². The van der Waals surface area contributed by atoms with E-state index in [4.69, 9.17) is 15.0 Å². The first-order chi connectivity index (χ1) is 27.8. The maximum atomic E-state index is 5.48. The van der Waals surface area contributed by atoms with Gasteiger partial charge in [0, 0.05) is 44.9 Å². The van der Waals surface area contributed by atoms with Gasteiger partial charge in [0.15, 0.2) is 0 Å². The van der Waals surface area contributed by atoms with Crippen LogP contribution in [0.1, 0.15) is 0 Å². The van der Waals surface area contributed by atoms with Gasteiger partial charge in [-0.15, -0.1) is 0 Å². The number of pyridine rings is 3. The van der Waals surface area contributed by atoms with Crippen LogP contribution in [0.5, 0.6) is 0 Å². The summed E-state index contributed by atoms with van der Waals surface area (Å²) < 4.78 is 0. The van der Waals surface area contributed by atoms with Gasteiger partial charge in [-0.05, 0) is 89.6 Å². The van der Waals surface area contributed by atoms with Crippen molar-refractivity contribution in [2.24, 2.45) is 0 Å². The van der Waals surface area contributed by atoms with Crippen molar-refractivity contribution < 1.29 is 0 Å². The van der Waals surface area contributed by atoms with E-state index in [1.54, 1.807) is 0 Å². The highest BCUT2D eigenvalue weighted by atomic mass is 14.7. The van der Waals surface area contributed by atoms with Crippen molar-refractivity contribution in [2.45, 2.75) is 0 Å². The number of hydrogen-bond acceptors (Lipinski definition) is 3. The zero-order valence-corrected chi connectivity index (χ0v) is 30.2. The van der Waals surface area contributed by atoms with Gasteiger partial charge in [-0.1, -0.05) is 152 Å². The third kappa shape index (κ3) is 4.43. The van der Waals surface area contributed by atoms with E-state index in [2.05, 4.69) is 170 Å². The van der Waals surface area contributed by atoms with Gasteiger partial charge in [0.25, 0.3) is 0 Å². The van der Waals surface area contributed by atoms with Crippen LogP contribution in [0.2, 0.25) is 0 Å². The molecule has 258 valence electrons. The number of nitrogens with zero attached hydrogens (tertiary/aromatic N) is 3.